The van der Waals surface area contributed by atoms with Crippen molar-refractivity contribution in [1.82, 2.24) is 4.90 Å². The van der Waals surface area contributed by atoms with Crippen LogP contribution in [0.2, 0.25) is 18.1 Å². The van der Waals surface area contributed by atoms with Crippen LogP contribution >= 0.6 is 0 Å². The van der Waals surface area contributed by atoms with Crippen LogP contribution in [0.1, 0.15) is 12.8 Å². The van der Waals surface area contributed by atoms with Gasteiger partial charge in [-0.15, -0.1) is 0 Å². The molecule has 0 saturated carbocycles. The third-order valence-corrected chi connectivity index (χ3v) is 13.8. The molecule has 0 rings (SSSR count). The summed E-state index contributed by atoms with van der Waals surface area (Å²) >= 11 is 0. The highest BCUT2D eigenvalue weighted by atomic mass is 28.4. The predicted octanol–water partition coefficient (Wildman–Crippen LogP) is 1.70. The summed E-state index contributed by atoms with van der Waals surface area (Å²) in [5.74, 6) is 0. The highest BCUT2D eigenvalue weighted by molar-refractivity contribution is 6.61. The van der Waals surface area contributed by atoms with Gasteiger partial charge in [0.05, 0.1) is 0 Å². The number of nitrogens with zero attached hydrogens (tertiary/aromatic N) is 1. The van der Waals surface area contributed by atoms with Crippen LogP contribution in [0.25, 0.3) is 0 Å². The molecule has 0 aliphatic heterocycles. The maximum Gasteiger partial charge on any atom is 0.501 e. The van der Waals surface area contributed by atoms with E-state index in [0.717, 1.165) is 44.6 Å². The summed E-state index contributed by atoms with van der Waals surface area (Å²) in [4.78, 5) is 2.36. The van der Waals surface area contributed by atoms with Crippen LogP contribution in [0.4, 0.5) is 0 Å². The van der Waals surface area contributed by atoms with Gasteiger partial charge in [0.15, 0.2) is 0 Å². The second kappa shape index (κ2) is 16.0. The van der Waals surface area contributed by atoms with Gasteiger partial charge in [0, 0.05) is 88.7 Å². The molecule has 0 bridgehead atoms. The van der Waals surface area contributed by atoms with Crippen molar-refractivity contribution < 1.29 is 39.8 Å². The maximum absolute atomic E-state index is 5.57. The van der Waals surface area contributed by atoms with E-state index in [1.165, 1.54) is 0 Å². The predicted molar refractivity (Wildman–Crippen MR) is 120 cm³/mol. The first-order chi connectivity index (χ1) is 14.3. The van der Waals surface area contributed by atoms with Crippen molar-refractivity contribution in [2.75, 3.05) is 83.6 Å². The zero-order chi connectivity index (χ0) is 23.1. The van der Waals surface area contributed by atoms with Crippen LogP contribution < -0.4 is 0 Å². The van der Waals surface area contributed by atoms with Crippen LogP contribution in [-0.4, -0.2) is 115 Å². The van der Waals surface area contributed by atoms with E-state index >= 15 is 0 Å². The lowest BCUT2D eigenvalue weighted by atomic mass is 10.3. The Kier molecular flexibility index (Phi) is 16.1. The molecule has 0 amide bonds. The second-order valence-electron chi connectivity index (χ2n) is 6.68. The molecule has 0 heterocycles. The van der Waals surface area contributed by atoms with Gasteiger partial charge in [-0.25, -0.2) is 0 Å². The van der Waals surface area contributed by atoms with E-state index < -0.39 is 26.4 Å². The second-order valence-corrected chi connectivity index (χ2v) is 16.0. The SMILES string of the molecule is CO[Si](CCCN(CCC[Si](OC)(OC)OC)CC[Si](OC)(OC)OC)(OC)OC. The lowest BCUT2D eigenvalue weighted by molar-refractivity contribution is 0.113. The summed E-state index contributed by atoms with van der Waals surface area (Å²) in [7, 11) is 6.90. The van der Waals surface area contributed by atoms with Crippen LogP contribution in [0.5, 0.6) is 0 Å². The lowest BCUT2D eigenvalue weighted by Crippen LogP contribution is -2.47. The number of hydrogen-bond acceptors (Lipinski definition) is 10. The van der Waals surface area contributed by atoms with Gasteiger partial charge in [0.25, 0.3) is 0 Å². The minimum absolute atomic E-state index is 0.694. The molecule has 0 fully saturated rings. The molecule has 182 valence electrons. The van der Waals surface area contributed by atoms with E-state index in [9.17, 15) is 0 Å². The van der Waals surface area contributed by atoms with Crippen molar-refractivity contribution in [2.45, 2.75) is 31.0 Å². The zero-order valence-electron chi connectivity index (χ0n) is 20.3. The van der Waals surface area contributed by atoms with Crippen molar-refractivity contribution in [3.05, 3.63) is 0 Å². The van der Waals surface area contributed by atoms with Crippen LogP contribution in [0.3, 0.4) is 0 Å². The highest BCUT2D eigenvalue weighted by Crippen LogP contribution is 2.19. The first-order valence-corrected chi connectivity index (χ1v) is 15.8. The summed E-state index contributed by atoms with van der Waals surface area (Å²) in [5, 5.41) is 0. The molecular formula is C17H43NO9Si3. The minimum Gasteiger partial charge on any atom is -0.377 e. The van der Waals surface area contributed by atoms with Crippen molar-refractivity contribution in [2.24, 2.45) is 0 Å². The van der Waals surface area contributed by atoms with Crippen molar-refractivity contribution >= 4 is 26.4 Å². The van der Waals surface area contributed by atoms with Gasteiger partial charge in [-0.05, 0) is 25.9 Å². The Labute approximate surface area is 186 Å². The molecule has 0 unspecified atom stereocenters. The fourth-order valence-electron chi connectivity index (χ4n) is 3.34. The van der Waals surface area contributed by atoms with E-state index in [0.29, 0.717) is 6.04 Å². The highest BCUT2D eigenvalue weighted by Gasteiger charge is 2.40. The van der Waals surface area contributed by atoms with E-state index in [-0.39, 0.29) is 0 Å². The average molecular weight is 490 g/mol. The molecule has 0 aliphatic carbocycles. The van der Waals surface area contributed by atoms with E-state index in [4.69, 9.17) is 39.8 Å². The maximum atomic E-state index is 5.57. The normalized spacial score (nSPS) is 13.4. The van der Waals surface area contributed by atoms with Crippen molar-refractivity contribution in [3.8, 4) is 0 Å². The standard InChI is InChI=1S/C17H43NO9Si3/c1-19-28(20-2,21-3)15-10-12-18(14-17-30(25-7,26-8)27-9)13-11-16-29(22-4,23-5)24-6/h10-17H2,1-9H3. The molecule has 0 aromatic carbocycles. The Morgan fingerprint density at radius 2 is 0.667 bits per heavy atom. The van der Waals surface area contributed by atoms with Gasteiger partial charge < -0.3 is 44.7 Å². The molecule has 0 N–H and O–H groups in total. The molecule has 0 aromatic heterocycles. The van der Waals surface area contributed by atoms with Crippen LogP contribution in [0, 0.1) is 0 Å². The molecule has 13 heteroatoms. The summed E-state index contributed by atoms with van der Waals surface area (Å²) in [6, 6.07) is 2.17. The Balaban J connectivity index is 4.99. The van der Waals surface area contributed by atoms with Gasteiger partial charge in [-0.3, -0.25) is 0 Å². The van der Waals surface area contributed by atoms with Gasteiger partial charge in [-0.2, -0.15) is 0 Å². The van der Waals surface area contributed by atoms with Gasteiger partial charge in [0.2, 0.25) is 0 Å². The molecule has 0 atom stereocenters. The Morgan fingerprint density at radius 3 is 0.933 bits per heavy atom. The van der Waals surface area contributed by atoms with Crippen LogP contribution in [-0.2, 0) is 39.8 Å². The van der Waals surface area contributed by atoms with E-state index in [2.05, 4.69) is 4.90 Å². The molecule has 0 spiro atoms. The zero-order valence-corrected chi connectivity index (χ0v) is 23.3. The molecular weight excluding hydrogens is 446 g/mol. The van der Waals surface area contributed by atoms with E-state index in [1.54, 1.807) is 64.0 Å². The Morgan fingerprint density at radius 1 is 0.400 bits per heavy atom. The molecule has 10 nitrogen and oxygen atoms in total. The fraction of sp³-hybridized carbons (Fsp3) is 1.00. The minimum atomic E-state index is -2.65. The molecule has 30 heavy (non-hydrogen) atoms. The quantitative estimate of drug-likeness (QED) is 0.236. The third kappa shape index (κ3) is 9.40. The largest absolute Gasteiger partial charge is 0.501 e. The molecule has 0 saturated heterocycles. The monoisotopic (exact) mass is 489 g/mol. The van der Waals surface area contributed by atoms with E-state index in [1.807, 2.05) is 0 Å². The average Bonchev–Trinajstić information content (AvgIpc) is 2.81. The topological polar surface area (TPSA) is 86.3 Å². The summed E-state index contributed by atoms with van der Waals surface area (Å²) < 4.78 is 49.9. The lowest BCUT2D eigenvalue weighted by Gasteiger charge is -2.30. The Hall–Kier alpha value is 0.251. The first kappa shape index (κ1) is 30.3. The van der Waals surface area contributed by atoms with Gasteiger partial charge in [-0.1, -0.05) is 0 Å². The van der Waals surface area contributed by atoms with Crippen molar-refractivity contribution in [3.63, 3.8) is 0 Å². The molecule has 0 aromatic rings. The number of rotatable bonds is 20. The molecule has 0 radical (unpaired) electrons. The third-order valence-electron chi connectivity index (χ3n) is 5.45. The van der Waals surface area contributed by atoms with Crippen LogP contribution in [0.15, 0.2) is 0 Å². The Bertz CT molecular complexity index is 374. The van der Waals surface area contributed by atoms with Crippen molar-refractivity contribution in [1.29, 1.82) is 0 Å². The number of hydrogen-bond donors (Lipinski definition) is 0. The smallest absolute Gasteiger partial charge is 0.377 e. The fourth-order valence-corrected chi connectivity index (χ4v) is 8.45. The molecule has 0 aliphatic rings. The van der Waals surface area contributed by atoms with Gasteiger partial charge >= 0.3 is 26.4 Å². The first-order valence-electron chi connectivity index (χ1n) is 10.0. The summed E-state index contributed by atoms with van der Waals surface area (Å²) in [6.07, 6.45) is 1.76. The summed E-state index contributed by atoms with van der Waals surface area (Å²) in [5.41, 5.74) is 0. The summed E-state index contributed by atoms with van der Waals surface area (Å²) in [6.45, 7) is 2.49. The van der Waals surface area contributed by atoms with Gasteiger partial charge in [0.1, 0.15) is 0 Å².